The predicted octanol–water partition coefficient (Wildman–Crippen LogP) is 6.02. The molecule has 1 aliphatic heterocycles. The summed E-state index contributed by atoms with van der Waals surface area (Å²) in [5.41, 5.74) is -3.34. The molecule has 1 aliphatic carbocycles. The molecule has 4 nitrogen and oxygen atoms in total. The molecule has 11 heteroatoms. The third-order valence-electron chi connectivity index (χ3n) is 5.81. The summed E-state index contributed by atoms with van der Waals surface area (Å²) in [5, 5.41) is 0.634. The van der Waals surface area contributed by atoms with Crippen LogP contribution in [0.1, 0.15) is 50.2 Å². The Labute approximate surface area is 187 Å². The second-order valence-electron chi connectivity index (χ2n) is 8.18. The molecule has 1 saturated carbocycles. The van der Waals surface area contributed by atoms with Gasteiger partial charge in [0.15, 0.2) is 5.17 Å². The summed E-state index contributed by atoms with van der Waals surface area (Å²) in [7, 11) is 1.65. The highest BCUT2D eigenvalue weighted by atomic mass is 32.2. The highest BCUT2D eigenvalue weighted by Gasteiger charge is 2.40. The standard InChI is InChI=1S/C21H25F6N3OS/c1-13(31)30(17-9-15(20(22,23)24)8-16(10-17)21(25,26)27)18-12-32-19(29(18)2)28-11-14-6-4-3-5-7-14/h8-10,14,18H,3-7,11-12H2,1-2H3. The van der Waals surface area contributed by atoms with Gasteiger partial charge in [0, 0.05) is 32.0 Å². The molecule has 1 aromatic rings. The molecule has 1 saturated heterocycles. The number of nitrogens with zero attached hydrogens (tertiary/aromatic N) is 3. The molecule has 1 amide bonds. The molecule has 1 aromatic carbocycles. The molecule has 2 aliphatic rings. The van der Waals surface area contributed by atoms with E-state index >= 15 is 0 Å². The first-order valence-corrected chi connectivity index (χ1v) is 11.4. The SMILES string of the molecule is CC(=O)N(c1cc(C(F)(F)F)cc(C(F)(F)F)c1)C1CSC(=NCC2CCCCC2)N1C. The van der Waals surface area contributed by atoms with Crippen LogP contribution < -0.4 is 4.90 Å². The number of benzene rings is 1. The van der Waals surface area contributed by atoms with Crippen LogP contribution in [0.15, 0.2) is 23.2 Å². The maximum absolute atomic E-state index is 13.3. The van der Waals surface area contributed by atoms with Gasteiger partial charge in [-0.25, -0.2) is 0 Å². The molecule has 0 N–H and O–H groups in total. The lowest BCUT2D eigenvalue weighted by Crippen LogP contribution is -2.48. The van der Waals surface area contributed by atoms with Crippen LogP contribution in [-0.4, -0.2) is 41.5 Å². The number of alkyl halides is 6. The van der Waals surface area contributed by atoms with E-state index in [2.05, 4.69) is 4.99 Å². The molecular formula is C21H25F6N3OS. The van der Waals surface area contributed by atoms with Crippen LogP contribution in [0.5, 0.6) is 0 Å². The number of anilines is 1. The summed E-state index contributed by atoms with van der Waals surface area (Å²) in [6.07, 6.45) is -4.98. The Kier molecular flexibility index (Phi) is 7.36. The van der Waals surface area contributed by atoms with Gasteiger partial charge in [0.25, 0.3) is 0 Å². The second kappa shape index (κ2) is 9.52. The van der Waals surface area contributed by atoms with E-state index < -0.39 is 41.2 Å². The third-order valence-corrected chi connectivity index (χ3v) is 6.95. The Bertz CT molecular complexity index is 832. The average molecular weight is 482 g/mol. The van der Waals surface area contributed by atoms with Crippen LogP contribution in [-0.2, 0) is 17.1 Å². The van der Waals surface area contributed by atoms with Gasteiger partial charge in [-0.15, -0.1) is 0 Å². The normalized spacial score (nSPS) is 21.9. The maximum atomic E-state index is 13.3. The Morgan fingerprint density at radius 2 is 1.62 bits per heavy atom. The number of hydrogen-bond acceptors (Lipinski definition) is 3. The number of rotatable bonds is 4. The number of thioether (sulfide) groups is 1. The minimum atomic E-state index is -4.98. The van der Waals surface area contributed by atoms with Crippen molar-refractivity contribution >= 4 is 28.5 Å². The highest BCUT2D eigenvalue weighted by Crippen LogP contribution is 2.40. The molecule has 0 bridgehead atoms. The number of carbonyl (C=O) groups is 1. The van der Waals surface area contributed by atoms with Crippen LogP contribution in [0.2, 0.25) is 0 Å². The molecule has 178 valence electrons. The zero-order valence-corrected chi connectivity index (χ0v) is 18.6. The number of aliphatic imine (C=N–C) groups is 1. The number of carbonyl (C=O) groups excluding carboxylic acids is 1. The lowest BCUT2D eigenvalue weighted by atomic mass is 9.89. The molecule has 0 radical (unpaired) electrons. The molecule has 3 rings (SSSR count). The minimum Gasteiger partial charge on any atom is -0.333 e. The van der Waals surface area contributed by atoms with Gasteiger partial charge in [0.05, 0.1) is 11.1 Å². The van der Waals surface area contributed by atoms with Gasteiger partial charge in [0.1, 0.15) is 6.17 Å². The van der Waals surface area contributed by atoms with Crippen molar-refractivity contribution in [3.05, 3.63) is 29.3 Å². The quantitative estimate of drug-likeness (QED) is 0.494. The van der Waals surface area contributed by atoms with Gasteiger partial charge >= 0.3 is 12.4 Å². The minimum absolute atomic E-state index is 0.0615. The van der Waals surface area contributed by atoms with Crippen molar-refractivity contribution in [3.8, 4) is 0 Å². The highest BCUT2D eigenvalue weighted by molar-refractivity contribution is 8.14. The summed E-state index contributed by atoms with van der Waals surface area (Å²) in [6, 6.07) is 1.24. The monoisotopic (exact) mass is 481 g/mol. The molecule has 0 spiro atoms. The first-order valence-electron chi connectivity index (χ1n) is 10.4. The Balaban J connectivity index is 1.90. The molecule has 1 heterocycles. The third kappa shape index (κ3) is 5.71. The molecule has 1 atom stereocenters. The van der Waals surface area contributed by atoms with Gasteiger partial charge in [-0.3, -0.25) is 14.7 Å². The molecular weight excluding hydrogens is 456 g/mol. The van der Waals surface area contributed by atoms with E-state index in [0.717, 1.165) is 37.5 Å². The molecule has 32 heavy (non-hydrogen) atoms. The fourth-order valence-corrected chi connectivity index (χ4v) is 5.28. The summed E-state index contributed by atoms with van der Waals surface area (Å²) in [6.45, 7) is 1.75. The van der Waals surface area contributed by atoms with Crippen LogP contribution in [0.25, 0.3) is 0 Å². The van der Waals surface area contributed by atoms with Crippen LogP contribution in [0.3, 0.4) is 0 Å². The van der Waals surface area contributed by atoms with Crippen molar-refractivity contribution < 1.29 is 31.1 Å². The van der Waals surface area contributed by atoms with Crippen LogP contribution >= 0.6 is 11.8 Å². The fraction of sp³-hybridized carbons (Fsp3) is 0.619. The van der Waals surface area contributed by atoms with Crippen LogP contribution in [0.4, 0.5) is 32.0 Å². The van der Waals surface area contributed by atoms with Gasteiger partial charge in [-0.05, 0) is 37.0 Å². The molecule has 2 fully saturated rings. The van der Waals surface area contributed by atoms with Gasteiger partial charge < -0.3 is 4.90 Å². The lowest BCUT2D eigenvalue weighted by Gasteiger charge is -2.33. The Hall–Kier alpha value is -1.91. The van der Waals surface area contributed by atoms with E-state index in [1.807, 2.05) is 0 Å². The van der Waals surface area contributed by atoms with E-state index in [-0.39, 0.29) is 11.8 Å². The van der Waals surface area contributed by atoms with Crippen molar-refractivity contribution in [3.63, 3.8) is 0 Å². The van der Waals surface area contributed by atoms with Crippen LogP contribution in [0, 0.1) is 5.92 Å². The summed E-state index contributed by atoms with van der Waals surface area (Å²) < 4.78 is 79.7. The second-order valence-corrected chi connectivity index (χ2v) is 9.17. The van der Waals surface area contributed by atoms with Gasteiger partial charge in [0.2, 0.25) is 5.91 Å². The van der Waals surface area contributed by atoms with E-state index in [0.29, 0.717) is 29.8 Å². The van der Waals surface area contributed by atoms with Gasteiger partial charge in [-0.2, -0.15) is 26.3 Å². The van der Waals surface area contributed by atoms with Crippen molar-refractivity contribution in [2.24, 2.45) is 10.9 Å². The van der Waals surface area contributed by atoms with E-state index in [4.69, 9.17) is 0 Å². The summed E-state index contributed by atoms with van der Waals surface area (Å²) >= 11 is 1.34. The van der Waals surface area contributed by atoms with E-state index in [9.17, 15) is 31.1 Å². The van der Waals surface area contributed by atoms with Crippen molar-refractivity contribution in [2.45, 2.75) is 57.5 Å². The zero-order valence-electron chi connectivity index (χ0n) is 17.8. The molecule has 1 unspecified atom stereocenters. The first kappa shape index (κ1) is 24.7. The van der Waals surface area contributed by atoms with Gasteiger partial charge in [-0.1, -0.05) is 31.0 Å². The van der Waals surface area contributed by atoms with Crippen molar-refractivity contribution in [2.75, 3.05) is 24.2 Å². The topological polar surface area (TPSA) is 35.9 Å². The fourth-order valence-electron chi connectivity index (χ4n) is 4.11. The largest absolute Gasteiger partial charge is 0.416 e. The van der Waals surface area contributed by atoms with Crippen molar-refractivity contribution in [1.82, 2.24) is 4.90 Å². The maximum Gasteiger partial charge on any atom is 0.416 e. The summed E-state index contributed by atoms with van der Waals surface area (Å²) in [5.74, 6) is 0.117. The smallest absolute Gasteiger partial charge is 0.333 e. The van der Waals surface area contributed by atoms with E-state index in [1.165, 1.54) is 18.2 Å². The Morgan fingerprint density at radius 1 is 1.06 bits per heavy atom. The Morgan fingerprint density at radius 3 is 2.12 bits per heavy atom. The number of hydrogen-bond donors (Lipinski definition) is 0. The summed E-state index contributed by atoms with van der Waals surface area (Å²) in [4.78, 5) is 19.7. The average Bonchev–Trinajstić information content (AvgIpc) is 3.06. The van der Waals surface area contributed by atoms with Crippen molar-refractivity contribution in [1.29, 1.82) is 0 Å². The van der Waals surface area contributed by atoms with E-state index in [1.54, 1.807) is 11.9 Å². The molecule has 0 aromatic heterocycles. The number of amidine groups is 1. The number of halogens is 6. The lowest BCUT2D eigenvalue weighted by molar-refractivity contribution is -0.143. The zero-order chi connectivity index (χ0) is 23.7. The predicted molar refractivity (Wildman–Crippen MR) is 112 cm³/mol. The number of amides is 1. The first-order chi connectivity index (χ1) is 14.9.